The molecule has 0 bridgehead atoms. The van der Waals surface area contributed by atoms with Gasteiger partial charge in [-0.3, -0.25) is 4.79 Å². The van der Waals surface area contributed by atoms with Crippen molar-refractivity contribution in [1.29, 1.82) is 0 Å². The summed E-state index contributed by atoms with van der Waals surface area (Å²) in [5, 5.41) is 0. The Bertz CT molecular complexity index is 444. The van der Waals surface area contributed by atoms with Crippen LogP contribution in [-0.4, -0.2) is 29.9 Å². The minimum Gasteiger partial charge on any atom is -0.344 e. The van der Waals surface area contributed by atoms with E-state index in [1.54, 1.807) is 4.90 Å². The van der Waals surface area contributed by atoms with Gasteiger partial charge in [0, 0.05) is 18.1 Å². The number of amides is 1. The van der Waals surface area contributed by atoms with E-state index in [4.69, 9.17) is 5.73 Å². The zero-order chi connectivity index (χ0) is 13.9. The second-order valence-corrected chi connectivity index (χ2v) is 6.38. The lowest BCUT2D eigenvalue weighted by Gasteiger charge is -2.28. The van der Waals surface area contributed by atoms with Crippen LogP contribution in [-0.2, 0) is 11.2 Å². The molecule has 0 saturated heterocycles. The SMILES string of the molecule is CN(CCc1ccc(Br)cc1)C(=O)C1(N)CCCC1.Cl. The van der Waals surface area contributed by atoms with Gasteiger partial charge < -0.3 is 10.6 Å². The smallest absolute Gasteiger partial charge is 0.242 e. The van der Waals surface area contributed by atoms with Gasteiger partial charge in [-0.15, -0.1) is 12.4 Å². The van der Waals surface area contributed by atoms with Gasteiger partial charge in [-0.2, -0.15) is 0 Å². The van der Waals surface area contributed by atoms with Crippen molar-refractivity contribution in [3.63, 3.8) is 0 Å². The topological polar surface area (TPSA) is 46.3 Å². The highest BCUT2D eigenvalue weighted by Crippen LogP contribution is 2.28. The van der Waals surface area contributed by atoms with Crippen molar-refractivity contribution < 1.29 is 4.79 Å². The van der Waals surface area contributed by atoms with E-state index >= 15 is 0 Å². The molecule has 1 amide bonds. The number of nitrogens with two attached hydrogens (primary N) is 1. The van der Waals surface area contributed by atoms with E-state index in [1.165, 1.54) is 5.56 Å². The molecular formula is C15H22BrClN2O. The Labute approximate surface area is 135 Å². The van der Waals surface area contributed by atoms with Crippen molar-refractivity contribution in [1.82, 2.24) is 4.90 Å². The van der Waals surface area contributed by atoms with Crippen LogP contribution in [0.5, 0.6) is 0 Å². The van der Waals surface area contributed by atoms with Crippen LogP contribution >= 0.6 is 28.3 Å². The molecule has 1 saturated carbocycles. The minimum atomic E-state index is -0.603. The van der Waals surface area contributed by atoms with E-state index < -0.39 is 5.54 Å². The fourth-order valence-electron chi connectivity index (χ4n) is 2.65. The van der Waals surface area contributed by atoms with Gasteiger partial charge in [0.15, 0.2) is 0 Å². The number of carbonyl (C=O) groups is 1. The van der Waals surface area contributed by atoms with E-state index in [1.807, 2.05) is 19.2 Å². The summed E-state index contributed by atoms with van der Waals surface area (Å²) in [5.74, 6) is 0.0992. The summed E-state index contributed by atoms with van der Waals surface area (Å²) in [4.78, 5) is 14.1. The number of rotatable bonds is 4. The predicted molar refractivity (Wildman–Crippen MR) is 88.1 cm³/mol. The summed E-state index contributed by atoms with van der Waals surface area (Å²) in [6.07, 6.45) is 4.67. The third-order valence-corrected chi connectivity index (χ3v) is 4.45. The quantitative estimate of drug-likeness (QED) is 0.895. The Morgan fingerprint density at radius 2 is 1.85 bits per heavy atom. The Morgan fingerprint density at radius 3 is 2.40 bits per heavy atom. The van der Waals surface area contributed by atoms with E-state index in [-0.39, 0.29) is 18.3 Å². The van der Waals surface area contributed by atoms with Crippen molar-refractivity contribution >= 4 is 34.2 Å². The molecule has 1 aliphatic carbocycles. The molecule has 1 aromatic rings. The van der Waals surface area contributed by atoms with Crippen LogP contribution < -0.4 is 5.73 Å². The average Bonchev–Trinajstić information content (AvgIpc) is 2.85. The van der Waals surface area contributed by atoms with Crippen LogP contribution in [0.4, 0.5) is 0 Å². The monoisotopic (exact) mass is 360 g/mol. The van der Waals surface area contributed by atoms with Crippen molar-refractivity contribution in [3.05, 3.63) is 34.3 Å². The lowest BCUT2D eigenvalue weighted by molar-refractivity contribution is -0.135. The Balaban J connectivity index is 0.00000200. The third-order valence-electron chi connectivity index (χ3n) is 3.92. The third kappa shape index (κ3) is 4.21. The number of nitrogens with zero attached hydrogens (tertiary/aromatic N) is 1. The maximum atomic E-state index is 12.3. The summed E-state index contributed by atoms with van der Waals surface area (Å²) < 4.78 is 1.08. The molecule has 2 N–H and O–H groups in total. The van der Waals surface area contributed by atoms with Gasteiger partial charge in [-0.1, -0.05) is 40.9 Å². The van der Waals surface area contributed by atoms with Crippen LogP contribution in [0.3, 0.4) is 0 Å². The van der Waals surface area contributed by atoms with Gasteiger partial charge in [0.05, 0.1) is 5.54 Å². The molecule has 5 heteroatoms. The Kier molecular flexibility index (Phi) is 6.49. The number of carbonyl (C=O) groups excluding carboxylic acids is 1. The number of halogens is 2. The zero-order valence-electron chi connectivity index (χ0n) is 11.8. The summed E-state index contributed by atoms with van der Waals surface area (Å²) in [7, 11) is 1.86. The van der Waals surface area contributed by atoms with Gasteiger partial charge in [0.2, 0.25) is 5.91 Å². The van der Waals surface area contributed by atoms with Crippen LogP contribution in [0.25, 0.3) is 0 Å². The van der Waals surface area contributed by atoms with Gasteiger partial charge in [0.25, 0.3) is 0 Å². The second-order valence-electron chi connectivity index (χ2n) is 5.47. The number of likely N-dealkylation sites (N-methyl/N-ethyl adjacent to an activating group) is 1. The van der Waals surface area contributed by atoms with Crippen molar-refractivity contribution in [2.75, 3.05) is 13.6 Å². The molecule has 0 radical (unpaired) electrons. The second kappa shape index (κ2) is 7.43. The average molecular weight is 362 g/mol. The highest BCUT2D eigenvalue weighted by molar-refractivity contribution is 9.10. The van der Waals surface area contributed by atoms with Crippen LogP contribution in [0, 0.1) is 0 Å². The summed E-state index contributed by atoms with van der Waals surface area (Å²) >= 11 is 3.42. The molecule has 2 rings (SSSR count). The van der Waals surface area contributed by atoms with Crippen LogP contribution in [0.1, 0.15) is 31.2 Å². The first kappa shape index (κ1) is 17.5. The highest BCUT2D eigenvalue weighted by Gasteiger charge is 2.38. The molecule has 0 heterocycles. The highest BCUT2D eigenvalue weighted by atomic mass is 79.9. The molecule has 112 valence electrons. The minimum absolute atomic E-state index is 0. The largest absolute Gasteiger partial charge is 0.344 e. The maximum absolute atomic E-state index is 12.3. The van der Waals surface area contributed by atoms with Gasteiger partial charge in [0.1, 0.15) is 0 Å². The molecule has 3 nitrogen and oxygen atoms in total. The first-order valence-electron chi connectivity index (χ1n) is 6.80. The summed E-state index contributed by atoms with van der Waals surface area (Å²) in [5.41, 5.74) is 6.83. The van der Waals surface area contributed by atoms with Crippen molar-refractivity contribution in [2.45, 2.75) is 37.6 Å². The molecule has 0 spiro atoms. The standard InChI is InChI=1S/C15H21BrN2O.ClH/c1-18(14(19)15(17)9-2-3-10-15)11-8-12-4-6-13(16)7-5-12;/h4-7H,2-3,8-11,17H2,1H3;1H. The molecule has 0 atom stereocenters. The molecule has 1 aliphatic rings. The molecule has 0 aromatic heterocycles. The first-order valence-corrected chi connectivity index (χ1v) is 7.59. The normalized spacial score (nSPS) is 16.6. The van der Waals surface area contributed by atoms with Crippen LogP contribution in [0.15, 0.2) is 28.7 Å². The lowest BCUT2D eigenvalue weighted by atomic mass is 9.97. The molecule has 0 aliphatic heterocycles. The molecule has 0 unspecified atom stereocenters. The van der Waals surface area contributed by atoms with Gasteiger partial charge in [-0.25, -0.2) is 0 Å². The van der Waals surface area contributed by atoms with Crippen molar-refractivity contribution in [3.8, 4) is 0 Å². The van der Waals surface area contributed by atoms with Crippen molar-refractivity contribution in [2.24, 2.45) is 5.73 Å². The lowest BCUT2D eigenvalue weighted by Crippen LogP contribution is -2.52. The number of hydrogen-bond acceptors (Lipinski definition) is 2. The van der Waals surface area contributed by atoms with E-state index in [2.05, 4.69) is 28.1 Å². The molecule has 20 heavy (non-hydrogen) atoms. The molecular weight excluding hydrogens is 340 g/mol. The maximum Gasteiger partial charge on any atom is 0.242 e. The zero-order valence-corrected chi connectivity index (χ0v) is 14.2. The fraction of sp³-hybridized carbons (Fsp3) is 0.533. The summed E-state index contributed by atoms with van der Waals surface area (Å²) in [6, 6.07) is 8.21. The first-order chi connectivity index (χ1) is 9.01. The number of benzene rings is 1. The van der Waals surface area contributed by atoms with Gasteiger partial charge >= 0.3 is 0 Å². The Morgan fingerprint density at radius 1 is 1.30 bits per heavy atom. The number of hydrogen-bond donors (Lipinski definition) is 1. The fourth-order valence-corrected chi connectivity index (χ4v) is 2.91. The predicted octanol–water partition coefficient (Wildman–Crippen LogP) is 3.14. The van der Waals surface area contributed by atoms with E-state index in [0.717, 1.165) is 43.1 Å². The summed E-state index contributed by atoms with van der Waals surface area (Å²) in [6.45, 7) is 0.722. The molecule has 1 aromatic carbocycles. The Hall–Kier alpha value is -0.580. The molecule has 1 fully saturated rings. The van der Waals surface area contributed by atoms with Gasteiger partial charge in [-0.05, 0) is 37.0 Å². The van der Waals surface area contributed by atoms with E-state index in [9.17, 15) is 4.79 Å². The van der Waals surface area contributed by atoms with Crippen LogP contribution in [0.2, 0.25) is 0 Å². The van der Waals surface area contributed by atoms with E-state index in [0.29, 0.717) is 0 Å².